The van der Waals surface area contributed by atoms with Gasteiger partial charge < -0.3 is 16.2 Å². The lowest BCUT2D eigenvalue weighted by Gasteiger charge is -2.11. The zero-order chi connectivity index (χ0) is 8.15. The fourth-order valence-corrected chi connectivity index (χ4v) is 0.488. The van der Waals surface area contributed by atoms with E-state index in [0.717, 1.165) is 0 Å². The van der Waals surface area contributed by atoms with Gasteiger partial charge in [0.05, 0.1) is 0 Å². The van der Waals surface area contributed by atoms with Crippen LogP contribution in [0.15, 0.2) is 0 Å². The fourth-order valence-electron chi connectivity index (χ4n) is 0.488. The molecule has 0 saturated carbocycles. The van der Waals surface area contributed by atoms with Crippen molar-refractivity contribution in [2.75, 3.05) is 6.54 Å². The van der Waals surface area contributed by atoms with E-state index in [1.165, 1.54) is 0 Å². The van der Waals surface area contributed by atoms with Gasteiger partial charge in [0.15, 0.2) is 0 Å². The second-order valence-corrected chi connectivity index (χ2v) is 2.41. The minimum atomic E-state index is -1.07. The maximum absolute atomic E-state index is 10.7. The van der Waals surface area contributed by atoms with Gasteiger partial charge in [-0.3, -0.25) is 4.79 Å². The number of carbonyl (C=O) groups excluding carboxylic acids is 1. The highest BCUT2D eigenvalue weighted by molar-refractivity contribution is 5.80. The Hall–Kier alpha value is -0.610. The summed E-state index contributed by atoms with van der Waals surface area (Å²) >= 11 is 0. The Bertz CT molecular complexity index is 114. The standard InChI is InChI=1S/C6H14N2O2/c1-4(2)8-6(10)5(9)3-7/h4-5,9H,3,7H2,1-2H3,(H,8,10). The minimum Gasteiger partial charge on any atom is -0.382 e. The lowest BCUT2D eigenvalue weighted by atomic mass is 10.3. The first kappa shape index (κ1) is 9.39. The third-order valence-corrected chi connectivity index (χ3v) is 0.957. The molecule has 0 aliphatic rings. The molecule has 0 spiro atoms. The maximum Gasteiger partial charge on any atom is 0.250 e. The second-order valence-electron chi connectivity index (χ2n) is 2.41. The van der Waals surface area contributed by atoms with Crippen LogP contribution in [0, 0.1) is 0 Å². The van der Waals surface area contributed by atoms with Crippen molar-refractivity contribution in [2.45, 2.75) is 26.0 Å². The van der Waals surface area contributed by atoms with Crippen LogP contribution in [0.4, 0.5) is 0 Å². The van der Waals surface area contributed by atoms with Gasteiger partial charge in [-0.25, -0.2) is 0 Å². The highest BCUT2D eigenvalue weighted by Gasteiger charge is 2.12. The summed E-state index contributed by atoms with van der Waals surface area (Å²) in [7, 11) is 0. The summed E-state index contributed by atoms with van der Waals surface area (Å²) in [5.74, 6) is -0.405. The number of amides is 1. The van der Waals surface area contributed by atoms with Gasteiger partial charge in [-0.2, -0.15) is 0 Å². The molecule has 60 valence electrons. The van der Waals surface area contributed by atoms with Crippen LogP contribution in [0.3, 0.4) is 0 Å². The summed E-state index contributed by atoms with van der Waals surface area (Å²) in [6, 6.07) is 0.0497. The fraction of sp³-hybridized carbons (Fsp3) is 0.833. The molecule has 4 nitrogen and oxygen atoms in total. The van der Waals surface area contributed by atoms with Gasteiger partial charge in [-0.15, -0.1) is 0 Å². The molecule has 0 aliphatic heterocycles. The lowest BCUT2D eigenvalue weighted by Crippen LogP contribution is -2.42. The van der Waals surface area contributed by atoms with E-state index in [9.17, 15) is 4.79 Å². The summed E-state index contributed by atoms with van der Waals surface area (Å²) in [6.45, 7) is 3.61. The number of aliphatic hydroxyl groups is 1. The summed E-state index contributed by atoms with van der Waals surface area (Å²) in [5.41, 5.74) is 5.04. The summed E-state index contributed by atoms with van der Waals surface area (Å²) in [5, 5.41) is 11.4. The first-order valence-corrected chi connectivity index (χ1v) is 3.26. The summed E-state index contributed by atoms with van der Waals surface area (Å²) in [6.07, 6.45) is -1.07. The molecule has 4 heteroatoms. The van der Waals surface area contributed by atoms with Crippen LogP contribution in [0.2, 0.25) is 0 Å². The van der Waals surface area contributed by atoms with Crippen molar-refractivity contribution >= 4 is 5.91 Å². The Labute approximate surface area is 60.4 Å². The minimum absolute atomic E-state index is 0.0292. The molecule has 0 heterocycles. The zero-order valence-electron chi connectivity index (χ0n) is 6.29. The first-order valence-electron chi connectivity index (χ1n) is 3.26. The average molecular weight is 146 g/mol. The molecule has 4 N–H and O–H groups in total. The SMILES string of the molecule is CC(C)NC(=O)C(O)CN. The van der Waals surface area contributed by atoms with Crippen molar-refractivity contribution in [1.29, 1.82) is 0 Å². The number of aliphatic hydroxyl groups excluding tert-OH is 1. The maximum atomic E-state index is 10.7. The van der Waals surface area contributed by atoms with E-state index in [1.807, 2.05) is 13.8 Å². The largest absolute Gasteiger partial charge is 0.382 e. The Morgan fingerprint density at radius 2 is 2.20 bits per heavy atom. The molecule has 0 radical (unpaired) electrons. The molecular formula is C6H14N2O2. The lowest BCUT2D eigenvalue weighted by molar-refractivity contribution is -0.129. The quantitative estimate of drug-likeness (QED) is 0.469. The Balaban J connectivity index is 3.62. The monoisotopic (exact) mass is 146 g/mol. The Morgan fingerprint density at radius 3 is 2.50 bits per heavy atom. The number of carbonyl (C=O) groups is 1. The van der Waals surface area contributed by atoms with Crippen LogP contribution in [0.1, 0.15) is 13.8 Å². The van der Waals surface area contributed by atoms with Crippen LogP contribution in [-0.2, 0) is 4.79 Å². The number of rotatable bonds is 3. The molecule has 0 fully saturated rings. The molecule has 10 heavy (non-hydrogen) atoms. The smallest absolute Gasteiger partial charge is 0.250 e. The van der Waals surface area contributed by atoms with Gasteiger partial charge in [0.25, 0.3) is 0 Å². The summed E-state index contributed by atoms with van der Waals surface area (Å²) < 4.78 is 0. The van der Waals surface area contributed by atoms with Gasteiger partial charge >= 0.3 is 0 Å². The van der Waals surface area contributed by atoms with E-state index in [1.54, 1.807) is 0 Å². The molecule has 0 aliphatic carbocycles. The van der Waals surface area contributed by atoms with E-state index in [-0.39, 0.29) is 12.6 Å². The molecule has 0 saturated heterocycles. The van der Waals surface area contributed by atoms with Gasteiger partial charge in [0, 0.05) is 12.6 Å². The van der Waals surface area contributed by atoms with Crippen LogP contribution < -0.4 is 11.1 Å². The molecule has 0 rings (SSSR count). The third kappa shape index (κ3) is 3.42. The highest BCUT2D eigenvalue weighted by atomic mass is 16.3. The normalized spacial score (nSPS) is 13.3. The van der Waals surface area contributed by atoms with E-state index in [2.05, 4.69) is 5.32 Å². The Morgan fingerprint density at radius 1 is 1.70 bits per heavy atom. The van der Waals surface area contributed by atoms with Crippen molar-refractivity contribution in [2.24, 2.45) is 5.73 Å². The molecular weight excluding hydrogens is 132 g/mol. The molecule has 0 aromatic rings. The van der Waals surface area contributed by atoms with Gasteiger partial charge in [0.2, 0.25) is 5.91 Å². The summed E-state index contributed by atoms with van der Waals surface area (Å²) in [4.78, 5) is 10.7. The van der Waals surface area contributed by atoms with E-state index in [0.29, 0.717) is 0 Å². The molecule has 0 aromatic carbocycles. The predicted octanol–water partition coefficient (Wildman–Crippen LogP) is -1.17. The number of hydrogen-bond acceptors (Lipinski definition) is 3. The molecule has 1 atom stereocenters. The number of hydrogen-bond donors (Lipinski definition) is 3. The predicted molar refractivity (Wildman–Crippen MR) is 38.3 cm³/mol. The third-order valence-electron chi connectivity index (χ3n) is 0.957. The Kier molecular flexibility index (Phi) is 3.99. The van der Waals surface area contributed by atoms with Crippen molar-refractivity contribution in [1.82, 2.24) is 5.32 Å². The van der Waals surface area contributed by atoms with Crippen molar-refractivity contribution in [3.63, 3.8) is 0 Å². The molecule has 0 aromatic heterocycles. The molecule has 1 unspecified atom stereocenters. The molecule has 0 bridgehead atoms. The average Bonchev–Trinajstić information content (AvgIpc) is 1.85. The first-order chi connectivity index (χ1) is 4.57. The van der Waals surface area contributed by atoms with Gasteiger partial charge in [0.1, 0.15) is 6.10 Å². The topological polar surface area (TPSA) is 75.3 Å². The van der Waals surface area contributed by atoms with Crippen molar-refractivity contribution in [3.8, 4) is 0 Å². The van der Waals surface area contributed by atoms with Gasteiger partial charge in [-0.1, -0.05) is 0 Å². The molecule has 1 amide bonds. The number of nitrogens with two attached hydrogens (primary N) is 1. The van der Waals surface area contributed by atoms with E-state index < -0.39 is 12.0 Å². The van der Waals surface area contributed by atoms with Crippen LogP contribution in [0.25, 0.3) is 0 Å². The van der Waals surface area contributed by atoms with E-state index in [4.69, 9.17) is 10.8 Å². The van der Waals surface area contributed by atoms with Crippen molar-refractivity contribution in [3.05, 3.63) is 0 Å². The van der Waals surface area contributed by atoms with Crippen LogP contribution in [0.5, 0.6) is 0 Å². The number of nitrogens with one attached hydrogen (secondary N) is 1. The second kappa shape index (κ2) is 4.24. The zero-order valence-corrected chi connectivity index (χ0v) is 6.29. The van der Waals surface area contributed by atoms with Gasteiger partial charge in [-0.05, 0) is 13.8 Å². The highest BCUT2D eigenvalue weighted by Crippen LogP contribution is 1.82. The van der Waals surface area contributed by atoms with Crippen molar-refractivity contribution < 1.29 is 9.90 Å². The van der Waals surface area contributed by atoms with Crippen LogP contribution in [-0.4, -0.2) is 29.7 Å². The van der Waals surface area contributed by atoms with Crippen LogP contribution >= 0.6 is 0 Å². The van der Waals surface area contributed by atoms with E-state index >= 15 is 0 Å².